The van der Waals surface area contributed by atoms with Gasteiger partial charge in [0.1, 0.15) is 0 Å². The van der Waals surface area contributed by atoms with E-state index in [1.165, 1.54) is 32.1 Å². The number of aliphatic imine (C=N–C) groups is 1. The molecule has 0 unspecified atom stereocenters. The van der Waals surface area contributed by atoms with Gasteiger partial charge in [-0.1, -0.05) is 19.3 Å². The molecule has 0 spiro atoms. The molecule has 0 aromatic heterocycles. The Labute approximate surface area is 77.0 Å². The molecule has 0 bridgehead atoms. The lowest BCUT2D eigenvalue weighted by Crippen LogP contribution is -2.14. The number of rotatable bonds is 1. The molecule has 1 saturated carbocycles. The Balaban J connectivity index is 2.04. The second-order valence-electron chi connectivity index (χ2n) is 3.29. The Kier molecular flexibility index (Phi) is 2.26. The first kappa shape index (κ1) is 7.98. The van der Waals surface area contributed by atoms with Gasteiger partial charge in [-0.05, 0) is 25.1 Å². The van der Waals surface area contributed by atoms with Crippen LogP contribution in [-0.2, 0) is 0 Å². The summed E-state index contributed by atoms with van der Waals surface area (Å²) in [5.74, 6) is 1.41. The molecule has 1 aliphatic heterocycles. The summed E-state index contributed by atoms with van der Waals surface area (Å²) in [5, 5.41) is 8.12. The Morgan fingerprint density at radius 2 is 1.83 bits per heavy atom. The highest BCUT2D eigenvalue weighted by Gasteiger charge is 2.21. The lowest BCUT2D eigenvalue weighted by molar-refractivity contribution is 0.437. The van der Waals surface area contributed by atoms with Crippen molar-refractivity contribution in [2.75, 3.05) is 0 Å². The third-order valence-electron chi connectivity index (χ3n) is 2.42. The van der Waals surface area contributed by atoms with Crippen LogP contribution in [0.15, 0.2) is 15.2 Å². The second kappa shape index (κ2) is 3.39. The van der Waals surface area contributed by atoms with Crippen molar-refractivity contribution in [1.29, 1.82) is 0 Å². The van der Waals surface area contributed by atoms with Gasteiger partial charge in [-0.25, -0.2) is 0 Å². The molecule has 4 heteroatoms. The fourth-order valence-electron chi connectivity index (χ4n) is 1.77. The fourth-order valence-corrected chi connectivity index (χ4v) is 1.90. The van der Waals surface area contributed by atoms with Gasteiger partial charge in [0.25, 0.3) is 0 Å². The van der Waals surface area contributed by atoms with Gasteiger partial charge in [-0.3, -0.25) is 0 Å². The molecule has 0 atom stereocenters. The minimum Gasteiger partial charge on any atom is -0.200 e. The minimum absolute atomic E-state index is 0.399. The average Bonchev–Trinajstić information content (AvgIpc) is 2.54. The summed E-state index contributed by atoms with van der Waals surface area (Å²) < 4.78 is 0. The lowest BCUT2D eigenvalue weighted by Gasteiger charge is -2.18. The SMILES string of the molecule is S=C1N=NC(C2CCCCC2)=N1. The molecule has 64 valence electrons. The van der Waals surface area contributed by atoms with Crippen molar-refractivity contribution in [2.24, 2.45) is 21.1 Å². The maximum Gasteiger partial charge on any atom is 0.241 e. The molecule has 3 nitrogen and oxygen atoms in total. The number of nitrogens with zero attached hydrogens (tertiary/aromatic N) is 3. The molecule has 1 fully saturated rings. The summed E-state index contributed by atoms with van der Waals surface area (Å²) >= 11 is 4.82. The second-order valence-corrected chi connectivity index (χ2v) is 3.65. The van der Waals surface area contributed by atoms with Crippen LogP contribution >= 0.6 is 12.2 Å². The van der Waals surface area contributed by atoms with E-state index in [-0.39, 0.29) is 0 Å². The van der Waals surface area contributed by atoms with Crippen molar-refractivity contribution < 1.29 is 0 Å². The van der Waals surface area contributed by atoms with Crippen molar-refractivity contribution in [3.8, 4) is 0 Å². The Morgan fingerprint density at radius 3 is 2.42 bits per heavy atom. The van der Waals surface area contributed by atoms with E-state index in [4.69, 9.17) is 12.2 Å². The molecule has 2 rings (SSSR count). The van der Waals surface area contributed by atoms with Gasteiger partial charge in [0.2, 0.25) is 5.11 Å². The van der Waals surface area contributed by atoms with Gasteiger partial charge in [0, 0.05) is 5.92 Å². The summed E-state index contributed by atoms with van der Waals surface area (Å²) in [6.45, 7) is 0. The van der Waals surface area contributed by atoms with E-state index in [1.54, 1.807) is 0 Å². The maximum absolute atomic E-state index is 4.82. The molecular weight excluding hydrogens is 170 g/mol. The fraction of sp³-hybridized carbons (Fsp3) is 0.750. The van der Waals surface area contributed by atoms with Crippen LogP contribution in [0.25, 0.3) is 0 Å². The monoisotopic (exact) mass is 181 g/mol. The third-order valence-corrected chi connectivity index (χ3v) is 2.59. The summed E-state index contributed by atoms with van der Waals surface area (Å²) in [6, 6.07) is 0. The molecule has 0 aromatic carbocycles. The summed E-state index contributed by atoms with van der Waals surface area (Å²) in [7, 11) is 0. The van der Waals surface area contributed by atoms with E-state index >= 15 is 0 Å². The van der Waals surface area contributed by atoms with Gasteiger partial charge in [-0.15, -0.1) is 10.2 Å². The van der Waals surface area contributed by atoms with Crippen LogP contribution in [0.4, 0.5) is 0 Å². The van der Waals surface area contributed by atoms with Crippen molar-refractivity contribution in [1.82, 2.24) is 0 Å². The number of azo groups is 1. The number of thiocarbonyl (C=S) groups is 1. The number of hydrogen-bond donors (Lipinski definition) is 0. The van der Waals surface area contributed by atoms with Crippen molar-refractivity contribution >= 4 is 23.2 Å². The molecular formula is C8H11N3S. The van der Waals surface area contributed by atoms with Gasteiger partial charge in [0.15, 0.2) is 5.84 Å². The molecule has 2 aliphatic rings. The van der Waals surface area contributed by atoms with Gasteiger partial charge in [-0.2, -0.15) is 4.99 Å². The van der Waals surface area contributed by atoms with E-state index in [0.717, 1.165) is 5.84 Å². The number of hydrogen-bond acceptors (Lipinski definition) is 2. The summed E-state index contributed by atoms with van der Waals surface area (Å²) in [5.41, 5.74) is 0. The first-order valence-corrected chi connectivity index (χ1v) is 4.81. The average molecular weight is 181 g/mol. The van der Waals surface area contributed by atoms with Crippen LogP contribution in [0.5, 0.6) is 0 Å². The molecule has 0 N–H and O–H groups in total. The van der Waals surface area contributed by atoms with Crippen LogP contribution in [0.1, 0.15) is 32.1 Å². The van der Waals surface area contributed by atoms with Crippen LogP contribution < -0.4 is 0 Å². The number of amidine groups is 1. The molecule has 1 aliphatic carbocycles. The molecule has 1 heterocycles. The first-order chi connectivity index (χ1) is 5.86. The summed E-state index contributed by atoms with van der Waals surface area (Å²) in [4.78, 5) is 4.13. The van der Waals surface area contributed by atoms with E-state index in [2.05, 4.69) is 15.2 Å². The minimum atomic E-state index is 0.399. The standard InChI is InChI=1S/C8H11N3S/c12-8-9-7(10-11-8)6-4-2-1-3-5-6/h6H,1-5H2. The molecule has 0 saturated heterocycles. The normalized spacial score (nSPS) is 24.7. The zero-order valence-corrected chi connectivity index (χ0v) is 7.68. The van der Waals surface area contributed by atoms with Crippen LogP contribution in [0.3, 0.4) is 0 Å². The van der Waals surface area contributed by atoms with Crippen molar-refractivity contribution in [2.45, 2.75) is 32.1 Å². The molecule has 12 heavy (non-hydrogen) atoms. The van der Waals surface area contributed by atoms with E-state index in [0.29, 0.717) is 11.0 Å². The van der Waals surface area contributed by atoms with Crippen LogP contribution in [-0.4, -0.2) is 10.9 Å². The molecule has 0 aromatic rings. The Hall–Kier alpha value is -0.640. The third kappa shape index (κ3) is 1.58. The first-order valence-electron chi connectivity index (χ1n) is 4.40. The molecule has 0 radical (unpaired) electrons. The summed E-state index contributed by atoms with van der Waals surface area (Å²) in [6.07, 6.45) is 6.37. The van der Waals surface area contributed by atoms with E-state index < -0.39 is 0 Å². The lowest BCUT2D eigenvalue weighted by atomic mass is 9.88. The quantitative estimate of drug-likeness (QED) is 0.573. The van der Waals surface area contributed by atoms with E-state index in [9.17, 15) is 0 Å². The smallest absolute Gasteiger partial charge is 0.200 e. The maximum atomic E-state index is 4.82. The molecule has 0 amide bonds. The van der Waals surface area contributed by atoms with Crippen LogP contribution in [0.2, 0.25) is 0 Å². The van der Waals surface area contributed by atoms with Gasteiger partial charge in [0.05, 0.1) is 0 Å². The van der Waals surface area contributed by atoms with Gasteiger partial charge < -0.3 is 0 Å². The highest BCUT2D eigenvalue weighted by molar-refractivity contribution is 7.80. The van der Waals surface area contributed by atoms with E-state index in [1.807, 2.05) is 0 Å². The van der Waals surface area contributed by atoms with Crippen LogP contribution in [0, 0.1) is 5.92 Å². The van der Waals surface area contributed by atoms with Crippen molar-refractivity contribution in [3.05, 3.63) is 0 Å². The topological polar surface area (TPSA) is 37.1 Å². The zero-order chi connectivity index (χ0) is 8.39. The zero-order valence-electron chi connectivity index (χ0n) is 6.86. The van der Waals surface area contributed by atoms with Crippen molar-refractivity contribution in [3.63, 3.8) is 0 Å². The predicted octanol–water partition coefficient (Wildman–Crippen LogP) is 2.72. The Bertz CT molecular complexity index is 251. The highest BCUT2D eigenvalue weighted by atomic mass is 32.1. The highest BCUT2D eigenvalue weighted by Crippen LogP contribution is 2.26. The largest absolute Gasteiger partial charge is 0.241 e. The predicted molar refractivity (Wildman–Crippen MR) is 51.5 cm³/mol. The Morgan fingerprint density at radius 1 is 1.08 bits per heavy atom. The van der Waals surface area contributed by atoms with Gasteiger partial charge >= 0.3 is 0 Å².